The summed E-state index contributed by atoms with van der Waals surface area (Å²) < 4.78 is 19.1. The largest absolute Gasteiger partial charge is 0.491 e. The van der Waals surface area contributed by atoms with Crippen molar-refractivity contribution in [2.45, 2.75) is 19.6 Å². The van der Waals surface area contributed by atoms with Crippen molar-refractivity contribution in [3.63, 3.8) is 0 Å². The second-order valence-electron chi connectivity index (χ2n) is 5.88. The number of hydrogen-bond donors (Lipinski definition) is 3. The monoisotopic (exact) mass is 518 g/mol. The van der Waals surface area contributed by atoms with Gasteiger partial charge in [-0.3, -0.25) is 10.1 Å². The number of aliphatic imine (C=N–C) groups is 1. The molecule has 0 heterocycles. The summed E-state index contributed by atoms with van der Waals surface area (Å²) in [6.45, 7) is 2.83. The van der Waals surface area contributed by atoms with Crippen LogP contribution in [0.2, 0.25) is 0 Å². The minimum Gasteiger partial charge on any atom is -0.491 e. The molecule has 0 spiro atoms. The summed E-state index contributed by atoms with van der Waals surface area (Å²) in [4.78, 5) is 14.4. The molecule has 0 aliphatic rings. The maximum absolute atomic E-state index is 13.7. The van der Waals surface area contributed by atoms with Gasteiger partial charge in [0.05, 0.1) is 11.5 Å². The summed E-state index contributed by atoms with van der Waals surface area (Å²) in [5.41, 5.74) is 0.442. The van der Waals surface area contributed by atoms with Gasteiger partial charge in [0.25, 0.3) is 5.69 Å². The molecule has 158 valence electrons. The van der Waals surface area contributed by atoms with Crippen LogP contribution in [0.25, 0.3) is 0 Å². The van der Waals surface area contributed by atoms with Crippen LogP contribution in [0.5, 0.6) is 5.75 Å². The lowest BCUT2D eigenvalue weighted by atomic mass is 10.2. The highest BCUT2D eigenvalue weighted by Gasteiger charge is 2.09. The maximum Gasteiger partial charge on any atom is 0.269 e. The van der Waals surface area contributed by atoms with E-state index in [1.165, 1.54) is 30.3 Å². The van der Waals surface area contributed by atoms with Gasteiger partial charge >= 0.3 is 0 Å². The number of rotatable bonds is 9. The Hall–Kier alpha value is -2.47. The number of non-ortho nitro benzene ring substituents is 1. The highest BCUT2D eigenvalue weighted by Crippen LogP contribution is 2.17. The van der Waals surface area contributed by atoms with Crippen molar-refractivity contribution in [1.82, 2.24) is 10.6 Å². The number of guanidine groups is 1. The van der Waals surface area contributed by atoms with Crippen LogP contribution in [0.1, 0.15) is 12.5 Å². The van der Waals surface area contributed by atoms with E-state index in [2.05, 4.69) is 15.6 Å². The summed E-state index contributed by atoms with van der Waals surface area (Å²) in [6.07, 6.45) is -0.840. The molecule has 10 heteroatoms. The number of halogens is 2. The normalized spacial score (nSPS) is 11.9. The molecule has 29 heavy (non-hydrogen) atoms. The maximum atomic E-state index is 13.7. The molecule has 0 saturated heterocycles. The van der Waals surface area contributed by atoms with Crippen LogP contribution in [0.3, 0.4) is 0 Å². The lowest BCUT2D eigenvalue weighted by Gasteiger charge is -2.16. The van der Waals surface area contributed by atoms with Crippen LogP contribution in [0, 0.1) is 15.9 Å². The van der Waals surface area contributed by atoms with Gasteiger partial charge in [0, 0.05) is 30.8 Å². The smallest absolute Gasteiger partial charge is 0.269 e. The zero-order valence-corrected chi connectivity index (χ0v) is 18.2. The Morgan fingerprint density at radius 3 is 2.55 bits per heavy atom. The van der Waals surface area contributed by atoms with Gasteiger partial charge < -0.3 is 20.5 Å². The molecule has 0 fully saturated rings. The van der Waals surface area contributed by atoms with Gasteiger partial charge in [0.1, 0.15) is 24.3 Å². The van der Waals surface area contributed by atoms with Gasteiger partial charge in [-0.15, -0.1) is 24.0 Å². The van der Waals surface area contributed by atoms with Gasteiger partial charge in [-0.1, -0.05) is 18.2 Å². The summed E-state index contributed by atoms with van der Waals surface area (Å²) in [7, 11) is 0. The second kappa shape index (κ2) is 12.9. The molecular weight excluding hydrogens is 494 g/mol. The first kappa shape index (κ1) is 24.6. The molecule has 0 radical (unpaired) electrons. The topological polar surface area (TPSA) is 109 Å². The molecule has 1 unspecified atom stereocenters. The van der Waals surface area contributed by atoms with Crippen LogP contribution in [0.15, 0.2) is 53.5 Å². The first-order valence-electron chi connectivity index (χ1n) is 8.80. The third kappa shape index (κ3) is 8.60. The van der Waals surface area contributed by atoms with Gasteiger partial charge in [-0.2, -0.15) is 0 Å². The summed E-state index contributed by atoms with van der Waals surface area (Å²) in [6, 6.07) is 12.0. The Kier molecular flexibility index (Phi) is 10.9. The van der Waals surface area contributed by atoms with Crippen molar-refractivity contribution in [3.8, 4) is 5.75 Å². The van der Waals surface area contributed by atoms with Crippen molar-refractivity contribution in [2.24, 2.45) is 4.99 Å². The fourth-order valence-electron chi connectivity index (χ4n) is 2.26. The average molecular weight is 518 g/mol. The molecule has 0 bridgehead atoms. The molecular formula is C19H24FIN4O4. The van der Waals surface area contributed by atoms with Gasteiger partial charge in [-0.25, -0.2) is 9.38 Å². The highest BCUT2D eigenvalue weighted by molar-refractivity contribution is 14.0. The fraction of sp³-hybridized carbons (Fsp3) is 0.316. The van der Waals surface area contributed by atoms with Crippen molar-refractivity contribution in [3.05, 3.63) is 70.0 Å². The van der Waals surface area contributed by atoms with E-state index in [9.17, 15) is 19.6 Å². The lowest BCUT2D eigenvalue weighted by molar-refractivity contribution is -0.384. The van der Waals surface area contributed by atoms with Gasteiger partial charge in [0.2, 0.25) is 0 Å². The minimum atomic E-state index is -0.840. The quantitative estimate of drug-likeness (QED) is 0.155. The molecule has 0 aliphatic heterocycles. The van der Waals surface area contributed by atoms with Crippen LogP contribution in [0.4, 0.5) is 10.1 Å². The van der Waals surface area contributed by atoms with E-state index in [-0.39, 0.29) is 55.2 Å². The second-order valence-corrected chi connectivity index (χ2v) is 5.88. The molecule has 2 aromatic carbocycles. The van der Waals surface area contributed by atoms with Crippen molar-refractivity contribution in [2.75, 3.05) is 19.7 Å². The number of nitro benzene ring substituents is 1. The average Bonchev–Trinajstić information content (AvgIpc) is 2.69. The Balaban J connectivity index is 0.00000420. The van der Waals surface area contributed by atoms with E-state index in [4.69, 9.17) is 4.74 Å². The third-order valence-corrected chi connectivity index (χ3v) is 3.70. The van der Waals surface area contributed by atoms with Crippen LogP contribution < -0.4 is 15.4 Å². The van der Waals surface area contributed by atoms with E-state index >= 15 is 0 Å². The van der Waals surface area contributed by atoms with Crippen molar-refractivity contribution in [1.29, 1.82) is 0 Å². The van der Waals surface area contributed by atoms with E-state index < -0.39 is 11.0 Å². The third-order valence-electron chi connectivity index (χ3n) is 3.70. The van der Waals surface area contributed by atoms with Crippen molar-refractivity contribution < 1.29 is 19.2 Å². The van der Waals surface area contributed by atoms with Gasteiger partial charge in [-0.05, 0) is 25.1 Å². The number of nitrogens with one attached hydrogen (secondary N) is 2. The van der Waals surface area contributed by atoms with E-state index in [0.717, 1.165) is 0 Å². The molecule has 2 rings (SSSR count). The van der Waals surface area contributed by atoms with Crippen LogP contribution in [-0.2, 0) is 6.54 Å². The first-order chi connectivity index (χ1) is 13.5. The molecule has 0 aliphatic carbocycles. The zero-order valence-electron chi connectivity index (χ0n) is 15.9. The zero-order chi connectivity index (χ0) is 20.4. The molecule has 0 aromatic heterocycles. The van der Waals surface area contributed by atoms with Gasteiger partial charge in [0.15, 0.2) is 5.96 Å². The number of hydrogen-bond acceptors (Lipinski definition) is 5. The van der Waals surface area contributed by atoms with Crippen LogP contribution in [-0.4, -0.2) is 41.8 Å². The predicted octanol–water partition coefficient (Wildman–Crippen LogP) is 2.85. The Bertz CT molecular complexity index is 805. The molecule has 3 N–H and O–H groups in total. The predicted molar refractivity (Wildman–Crippen MR) is 119 cm³/mol. The Labute approximate surface area is 185 Å². The highest BCUT2D eigenvalue weighted by atomic mass is 127. The van der Waals surface area contributed by atoms with E-state index in [1.807, 2.05) is 6.92 Å². The van der Waals surface area contributed by atoms with Crippen molar-refractivity contribution >= 4 is 35.6 Å². The standard InChI is InChI=1S/C19H23FN4O4.HI/c1-2-21-19(22-11-14-5-3-4-6-18(14)20)23-12-16(25)13-28-17-9-7-15(8-10-17)24(26)27;/h3-10,16,25H,2,11-13H2,1H3,(H2,21,22,23);1H. The van der Waals surface area contributed by atoms with E-state index in [0.29, 0.717) is 23.8 Å². The Morgan fingerprint density at radius 2 is 1.93 bits per heavy atom. The summed E-state index contributed by atoms with van der Waals surface area (Å²) in [5.74, 6) is 0.545. The summed E-state index contributed by atoms with van der Waals surface area (Å²) >= 11 is 0. The minimum absolute atomic E-state index is 0. The molecule has 1 atom stereocenters. The van der Waals surface area contributed by atoms with Crippen LogP contribution >= 0.6 is 24.0 Å². The number of benzene rings is 2. The number of ether oxygens (including phenoxy) is 1. The lowest BCUT2D eigenvalue weighted by Crippen LogP contribution is -2.42. The number of aliphatic hydroxyl groups excluding tert-OH is 1. The number of nitro groups is 1. The number of aliphatic hydroxyl groups is 1. The molecule has 8 nitrogen and oxygen atoms in total. The van der Waals surface area contributed by atoms with E-state index in [1.54, 1.807) is 18.2 Å². The fourth-order valence-corrected chi connectivity index (χ4v) is 2.26. The Morgan fingerprint density at radius 1 is 1.24 bits per heavy atom. The molecule has 0 amide bonds. The molecule has 2 aromatic rings. The molecule has 0 saturated carbocycles. The SMILES string of the molecule is CCNC(=NCc1ccccc1F)NCC(O)COc1ccc([N+](=O)[O-])cc1.I. The number of nitrogens with zero attached hydrogens (tertiary/aromatic N) is 2. The summed E-state index contributed by atoms with van der Waals surface area (Å²) in [5, 5.41) is 26.7. The first-order valence-corrected chi connectivity index (χ1v) is 8.80.